The molecule has 0 saturated heterocycles. The van der Waals surface area contributed by atoms with Crippen LogP contribution in [0.15, 0.2) is 24.3 Å². The van der Waals surface area contributed by atoms with Gasteiger partial charge >= 0.3 is 0 Å². The fourth-order valence-electron chi connectivity index (χ4n) is 1.66. The Morgan fingerprint density at radius 2 is 2.18 bits per heavy atom. The number of hydrogen-bond donors (Lipinski definition) is 1. The maximum Gasteiger partial charge on any atom is 0.189 e. The van der Waals surface area contributed by atoms with Gasteiger partial charge in [-0.2, -0.15) is 0 Å². The van der Waals surface area contributed by atoms with Gasteiger partial charge in [-0.3, -0.25) is 0 Å². The molecule has 2 N–H and O–H groups in total. The van der Waals surface area contributed by atoms with Gasteiger partial charge < -0.3 is 10.5 Å². The standard InChI is InChI=1S/C11H13N5O/c12-9-3-1-2-4-10(9)17-7-11-13-14-15-16(11)8-5-6-8/h1-4,8H,5-7,12H2. The Bertz CT molecular complexity index is 520. The number of anilines is 1. The van der Waals surface area contributed by atoms with Crippen LogP contribution in [0.3, 0.4) is 0 Å². The summed E-state index contributed by atoms with van der Waals surface area (Å²) in [6, 6.07) is 7.85. The van der Waals surface area contributed by atoms with Crippen LogP contribution in [-0.4, -0.2) is 20.2 Å². The second-order valence-corrected chi connectivity index (χ2v) is 4.10. The molecule has 1 aromatic heterocycles. The van der Waals surface area contributed by atoms with Crippen molar-refractivity contribution in [3.8, 4) is 5.75 Å². The molecule has 0 bridgehead atoms. The second-order valence-electron chi connectivity index (χ2n) is 4.10. The Labute approximate surface area is 98.4 Å². The minimum Gasteiger partial charge on any atom is -0.483 e. The summed E-state index contributed by atoms with van der Waals surface area (Å²) >= 11 is 0. The molecule has 1 aliphatic carbocycles. The van der Waals surface area contributed by atoms with Crippen LogP contribution < -0.4 is 10.5 Å². The van der Waals surface area contributed by atoms with Gasteiger partial charge in [-0.05, 0) is 35.4 Å². The summed E-state index contributed by atoms with van der Waals surface area (Å²) in [5, 5.41) is 11.6. The van der Waals surface area contributed by atoms with Gasteiger partial charge in [0, 0.05) is 0 Å². The zero-order valence-corrected chi connectivity index (χ0v) is 9.28. The van der Waals surface area contributed by atoms with E-state index in [1.807, 2.05) is 22.9 Å². The van der Waals surface area contributed by atoms with Crippen LogP contribution in [0.5, 0.6) is 5.75 Å². The Morgan fingerprint density at radius 3 is 2.94 bits per heavy atom. The van der Waals surface area contributed by atoms with E-state index in [4.69, 9.17) is 10.5 Å². The van der Waals surface area contributed by atoms with Crippen LogP contribution >= 0.6 is 0 Å². The van der Waals surface area contributed by atoms with Crippen LogP contribution in [0.4, 0.5) is 5.69 Å². The number of nitrogens with two attached hydrogens (primary N) is 1. The monoisotopic (exact) mass is 231 g/mol. The van der Waals surface area contributed by atoms with Crippen molar-refractivity contribution in [3.05, 3.63) is 30.1 Å². The van der Waals surface area contributed by atoms with Crippen LogP contribution in [0.25, 0.3) is 0 Å². The molecular formula is C11H13N5O. The highest BCUT2D eigenvalue weighted by Gasteiger charge is 2.27. The van der Waals surface area contributed by atoms with E-state index < -0.39 is 0 Å². The van der Waals surface area contributed by atoms with Crippen LogP contribution in [0, 0.1) is 0 Å². The van der Waals surface area contributed by atoms with Gasteiger partial charge in [0.15, 0.2) is 5.82 Å². The summed E-state index contributed by atoms with van der Waals surface area (Å²) in [6.45, 7) is 0.345. The van der Waals surface area contributed by atoms with E-state index in [0.717, 1.165) is 18.7 Å². The largest absolute Gasteiger partial charge is 0.483 e. The third kappa shape index (κ3) is 2.06. The normalized spacial score (nSPS) is 14.8. The molecule has 17 heavy (non-hydrogen) atoms. The molecule has 0 atom stereocenters. The molecule has 6 nitrogen and oxygen atoms in total. The first-order valence-corrected chi connectivity index (χ1v) is 5.58. The first kappa shape index (κ1) is 10.1. The molecule has 0 spiro atoms. The SMILES string of the molecule is Nc1ccccc1OCc1nnnn1C1CC1. The third-order valence-electron chi connectivity index (χ3n) is 2.73. The molecule has 6 heteroatoms. The van der Waals surface area contributed by atoms with Crippen molar-refractivity contribution in [2.45, 2.75) is 25.5 Å². The number of hydrogen-bond acceptors (Lipinski definition) is 5. The predicted octanol–water partition coefficient (Wildman–Crippen LogP) is 1.17. The summed E-state index contributed by atoms with van der Waals surface area (Å²) < 4.78 is 7.44. The number of rotatable bonds is 4. The number of aromatic nitrogens is 4. The van der Waals surface area contributed by atoms with Crippen molar-refractivity contribution in [2.24, 2.45) is 0 Å². The van der Waals surface area contributed by atoms with Crippen molar-refractivity contribution in [1.82, 2.24) is 20.2 Å². The lowest BCUT2D eigenvalue weighted by molar-refractivity contribution is 0.288. The molecule has 2 aromatic rings. The summed E-state index contributed by atoms with van der Waals surface area (Å²) in [5.74, 6) is 1.41. The Balaban J connectivity index is 1.71. The lowest BCUT2D eigenvalue weighted by Crippen LogP contribution is -2.07. The molecule has 0 aliphatic heterocycles. The number of nitrogen functional groups attached to an aromatic ring is 1. The Morgan fingerprint density at radius 1 is 1.35 bits per heavy atom. The highest BCUT2D eigenvalue weighted by molar-refractivity contribution is 5.51. The molecule has 1 aromatic carbocycles. The zero-order chi connectivity index (χ0) is 11.7. The van der Waals surface area contributed by atoms with E-state index in [1.165, 1.54) is 0 Å². The quantitative estimate of drug-likeness (QED) is 0.799. The fourth-order valence-corrected chi connectivity index (χ4v) is 1.66. The molecule has 0 amide bonds. The van der Waals surface area contributed by atoms with E-state index in [0.29, 0.717) is 24.1 Å². The maximum absolute atomic E-state index is 5.79. The van der Waals surface area contributed by atoms with E-state index in [2.05, 4.69) is 15.5 Å². The highest BCUT2D eigenvalue weighted by atomic mass is 16.5. The number of ether oxygens (including phenoxy) is 1. The van der Waals surface area contributed by atoms with Gasteiger partial charge in [0.2, 0.25) is 0 Å². The molecule has 1 aliphatic rings. The van der Waals surface area contributed by atoms with Gasteiger partial charge in [0.1, 0.15) is 12.4 Å². The van der Waals surface area contributed by atoms with Gasteiger partial charge in [-0.1, -0.05) is 12.1 Å². The maximum atomic E-state index is 5.79. The van der Waals surface area contributed by atoms with Gasteiger partial charge in [0.05, 0.1) is 11.7 Å². The fraction of sp³-hybridized carbons (Fsp3) is 0.364. The van der Waals surface area contributed by atoms with E-state index in [-0.39, 0.29) is 0 Å². The van der Waals surface area contributed by atoms with Gasteiger partial charge in [-0.25, -0.2) is 4.68 Å². The molecule has 1 fully saturated rings. The lowest BCUT2D eigenvalue weighted by Gasteiger charge is -2.08. The minimum absolute atomic E-state index is 0.345. The topological polar surface area (TPSA) is 78.8 Å². The summed E-state index contributed by atoms with van der Waals surface area (Å²) in [6.07, 6.45) is 2.29. The number of para-hydroxylation sites is 2. The Kier molecular flexibility index (Phi) is 2.40. The smallest absolute Gasteiger partial charge is 0.189 e. The first-order valence-electron chi connectivity index (χ1n) is 5.58. The third-order valence-corrected chi connectivity index (χ3v) is 2.73. The number of tetrazole rings is 1. The van der Waals surface area contributed by atoms with E-state index >= 15 is 0 Å². The zero-order valence-electron chi connectivity index (χ0n) is 9.28. The number of benzene rings is 1. The molecule has 0 radical (unpaired) electrons. The van der Waals surface area contributed by atoms with E-state index in [9.17, 15) is 0 Å². The Hall–Kier alpha value is -2.11. The molecule has 0 unspecified atom stereocenters. The van der Waals surface area contributed by atoms with Crippen molar-refractivity contribution < 1.29 is 4.74 Å². The molecular weight excluding hydrogens is 218 g/mol. The minimum atomic E-state index is 0.345. The molecule has 1 saturated carbocycles. The predicted molar refractivity (Wildman–Crippen MR) is 61.3 cm³/mol. The summed E-state index contributed by atoms with van der Waals surface area (Å²) in [7, 11) is 0. The first-order chi connectivity index (χ1) is 8.34. The lowest BCUT2D eigenvalue weighted by atomic mass is 10.3. The molecule has 3 rings (SSSR count). The average molecular weight is 231 g/mol. The van der Waals surface area contributed by atoms with Crippen LogP contribution in [-0.2, 0) is 6.61 Å². The summed E-state index contributed by atoms with van der Waals surface area (Å²) in [5.41, 5.74) is 6.41. The van der Waals surface area contributed by atoms with Crippen molar-refractivity contribution in [1.29, 1.82) is 0 Å². The van der Waals surface area contributed by atoms with Gasteiger partial charge in [-0.15, -0.1) is 5.10 Å². The van der Waals surface area contributed by atoms with Crippen molar-refractivity contribution >= 4 is 5.69 Å². The van der Waals surface area contributed by atoms with Crippen molar-refractivity contribution in [2.75, 3.05) is 5.73 Å². The molecule has 88 valence electrons. The molecule has 1 heterocycles. The van der Waals surface area contributed by atoms with E-state index in [1.54, 1.807) is 6.07 Å². The average Bonchev–Trinajstić information content (AvgIpc) is 3.08. The summed E-state index contributed by atoms with van der Waals surface area (Å²) in [4.78, 5) is 0. The van der Waals surface area contributed by atoms with Gasteiger partial charge in [0.25, 0.3) is 0 Å². The number of nitrogens with zero attached hydrogens (tertiary/aromatic N) is 4. The van der Waals surface area contributed by atoms with Crippen LogP contribution in [0.2, 0.25) is 0 Å². The highest BCUT2D eigenvalue weighted by Crippen LogP contribution is 2.34. The van der Waals surface area contributed by atoms with Crippen molar-refractivity contribution in [3.63, 3.8) is 0 Å². The second kappa shape index (κ2) is 4.04. The van der Waals surface area contributed by atoms with Crippen LogP contribution in [0.1, 0.15) is 24.7 Å².